The number of aromatic hydroxyl groups is 1. The second kappa shape index (κ2) is 11.3. The van der Waals surface area contributed by atoms with Crippen LogP contribution in [0.15, 0.2) is 48.5 Å². The van der Waals surface area contributed by atoms with Crippen LogP contribution in [0.25, 0.3) is 11.1 Å². The van der Waals surface area contributed by atoms with Crippen molar-refractivity contribution in [1.82, 2.24) is 0 Å². The van der Waals surface area contributed by atoms with Crippen molar-refractivity contribution in [3.8, 4) is 16.9 Å². The molecule has 35 heavy (non-hydrogen) atoms. The Bertz CT molecular complexity index is 1150. The van der Waals surface area contributed by atoms with Gasteiger partial charge in [-0.1, -0.05) is 36.4 Å². The quantitative estimate of drug-likeness (QED) is 0.326. The van der Waals surface area contributed by atoms with Crippen LogP contribution in [0.1, 0.15) is 61.6 Å². The second-order valence-electron chi connectivity index (χ2n) is 9.28. The molecule has 0 radical (unpaired) electrons. The van der Waals surface area contributed by atoms with Gasteiger partial charge in [-0.25, -0.2) is 17.6 Å². The highest BCUT2D eigenvalue weighted by Crippen LogP contribution is 2.40. The summed E-state index contributed by atoms with van der Waals surface area (Å²) in [5, 5.41) is 9.42. The van der Waals surface area contributed by atoms with E-state index in [1.165, 1.54) is 12.1 Å². The van der Waals surface area contributed by atoms with Gasteiger partial charge in [0.1, 0.15) is 5.75 Å². The van der Waals surface area contributed by atoms with Gasteiger partial charge in [-0.3, -0.25) is 0 Å². The lowest BCUT2D eigenvalue weighted by Crippen LogP contribution is -2.16. The molecule has 1 aliphatic rings. The third kappa shape index (κ3) is 5.69. The molecule has 0 atom stereocenters. The predicted octanol–water partition coefficient (Wildman–Crippen LogP) is 8.06. The number of phenolic OH excluding ortho intramolecular Hbond substituents is 1. The fourth-order valence-corrected chi connectivity index (χ4v) is 5.01. The van der Waals surface area contributed by atoms with Gasteiger partial charge < -0.3 is 9.84 Å². The maximum atomic E-state index is 15.0. The summed E-state index contributed by atoms with van der Waals surface area (Å²) >= 11 is 0. The van der Waals surface area contributed by atoms with E-state index in [9.17, 15) is 22.7 Å². The number of benzene rings is 3. The SMILES string of the molecule is CCOCc1ccc(CCC2CCC(c3ccc(-c4ccc(O)cc4)c(F)c3F)CC2)c(F)c1F. The van der Waals surface area contributed by atoms with Crippen LogP contribution in [0, 0.1) is 29.2 Å². The molecule has 4 rings (SSSR count). The van der Waals surface area contributed by atoms with Crippen molar-refractivity contribution < 1.29 is 27.4 Å². The van der Waals surface area contributed by atoms with Crippen LogP contribution in [0.4, 0.5) is 17.6 Å². The lowest BCUT2D eigenvalue weighted by Gasteiger charge is -2.29. The Hall–Kier alpha value is -2.86. The molecular weight excluding hydrogens is 456 g/mol. The Morgan fingerprint density at radius 2 is 1.43 bits per heavy atom. The van der Waals surface area contributed by atoms with Crippen molar-refractivity contribution in [3.05, 3.63) is 88.5 Å². The predicted molar refractivity (Wildman–Crippen MR) is 128 cm³/mol. The van der Waals surface area contributed by atoms with Gasteiger partial charge in [-0.05, 0) is 86.1 Å². The molecule has 0 saturated heterocycles. The molecule has 0 bridgehead atoms. The maximum Gasteiger partial charge on any atom is 0.166 e. The molecule has 0 aliphatic heterocycles. The molecule has 1 N–H and O–H groups in total. The van der Waals surface area contributed by atoms with Gasteiger partial charge in [0.15, 0.2) is 23.3 Å². The number of halogens is 4. The van der Waals surface area contributed by atoms with Crippen molar-refractivity contribution in [2.45, 2.75) is 58.0 Å². The number of hydrogen-bond donors (Lipinski definition) is 1. The zero-order valence-corrected chi connectivity index (χ0v) is 19.8. The number of ether oxygens (including phenoxy) is 1. The summed E-state index contributed by atoms with van der Waals surface area (Å²) in [5.74, 6) is -3.00. The van der Waals surface area contributed by atoms with E-state index in [4.69, 9.17) is 4.74 Å². The highest BCUT2D eigenvalue weighted by Gasteiger charge is 2.27. The van der Waals surface area contributed by atoms with Crippen LogP contribution < -0.4 is 0 Å². The van der Waals surface area contributed by atoms with Crippen LogP contribution in [0.5, 0.6) is 5.75 Å². The number of aryl methyl sites for hydroxylation is 1. The van der Waals surface area contributed by atoms with Crippen LogP contribution in [0.3, 0.4) is 0 Å². The topological polar surface area (TPSA) is 29.5 Å². The highest BCUT2D eigenvalue weighted by molar-refractivity contribution is 5.65. The summed E-state index contributed by atoms with van der Waals surface area (Å²) in [5.41, 5.74) is 1.65. The molecule has 3 aromatic carbocycles. The molecule has 0 amide bonds. The van der Waals surface area contributed by atoms with E-state index in [2.05, 4.69) is 0 Å². The van der Waals surface area contributed by atoms with Crippen molar-refractivity contribution in [2.24, 2.45) is 5.92 Å². The van der Waals surface area contributed by atoms with E-state index in [0.29, 0.717) is 35.6 Å². The summed E-state index contributed by atoms with van der Waals surface area (Å²) in [6.07, 6.45) is 4.28. The Kier molecular flexibility index (Phi) is 8.11. The van der Waals surface area contributed by atoms with Crippen molar-refractivity contribution in [2.75, 3.05) is 6.61 Å². The zero-order valence-electron chi connectivity index (χ0n) is 19.8. The molecule has 0 heterocycles. The highest BCUT2D eigenvalue weighted by atomic mass is 19.2. The van der Waals surface area contributed by atoms with Crippen molar-refractivity contribution >= 4 is 0 Å². The molecule has 3 aromatic rings. The van der Waals surface area contributed by atoms with Gasteiger partial charge in [0.2, 0.25) is 0 Å². The van der Waals surface area contributed by atoms with E-state index in [0.717, 1.165) is 32.1 Å². The maximum absolute atomic E-state index is 15.0. The fourth-order valence-electron chi connectivity index (χ4n) is 5.01. The average molecular weight is 487 g/mol. The number of rotatable bonds is 8. The first-order valence-corrected chi connectivity index (χ1v) is 12.2. The van der Waals surface area contributed by atoms with Gasteiger partial charge in [0, 0.05) is 17.7 Å². The van der Waals surface area contributed by atoms with Crippen LogP contribution in [0.2, 0.25) is 0 Å². The van der Waals surface area contributed by atoms with E-state index >= 15 is 0 Å². The van der Waals surface area contributed by atoms with Crippen LogP contribution >= 0.6 is 0 Å². The Labute approximate surface area is 203 Å². The van der Waals surface area contributed by atoms with E-state index in [1.807, 2.05) is 0 Å². The zero-order chi connectivity index (χ0) is 24.9. The normalized spacial score (nSPS) is 18.1. The van der Waals surface area contributed by atoms with Gasteiger partial charge in [-0.15, -0.1) is 0 Å². The first-order chi connectivity index (χ1) is 16.9. The minimum absolute atomic E-state index is 0.0522. The summed E-state index contributed by atoms with van der Waals surface area (Å²) in [7, 11) is 0. The van der Waals surface area contributed by atoms with E-state index in [1.54, 1.807) is 43.3 Å². The Balaban J connectivity index is 1.36. The summed E-state index contributed by atoms with van der Waals surface area (Å²) in [6.45, 7) is 2.29. The molecule has 186 valence electrons. The average Bonchev–Trinajstić information content (AvgIpc) is 2.87. The lowest BCUT2D eigenvalue weighted by atomic mass is 9.76. The summed E-state index contributed by atoms with van der Waals surface area (Å²) in [6, 6.07) is 12.5. The Morgan fingerprint density at radius 3 is 2.11 bits per heavy atom. The number of phenols is 1. The van der Waals surface area contributed by atoms with Gasteiger partial charge in [0.05, 0.1) is 6.61 Å². The van der Waals surface area contributed by atoms with Crippen LogP contribution in [-0.2, 0) is 17.8 Å². The van der Waals surface area contributed by atoms with Crippen molar-refractivity contribution in [3.63, 3.8) is 0 Å². The van der Waals surface area contributed by atoms with Crippen LogP contribution in [-0.4, -0.2) is 11.7 Å². The molecule has 1 aliphatic carbocycles. The van der Waals surface area contributed by atoms with Gasteiger partial charge in [-0.2, -0.15) is 0 Å². The van der Waals surface area contributed by atoms with E-state index < -0.39 is 23.3 Å². The molecule has 0 unspecified atom stereocenters. The molecule has 0 aromatic heterocycles. The summed E-state index contributed by atoms with van der Waals surface area (Å²) in [4.78, 5) is 0. The number of hydrogen-bond acceptors (Lipinski definition) is 2. The third-order valence-corrected chi connectivity index (χ3v) is 7.10. The smallest absolute Gasteiger partial charge is 0.166 e. The summed E-state index contributed by atoms with van der Waals surface area (Å²) < 4.78 is 63.7. The largest absolute Gasteiger partial charge is 0.508 e. The lowest BCUT2D eigenvalue weighted by molar-refractivity contribution is 0.131. The molecule has 0 spiro atoms. The monoisotopic (exact) mass is 486 g/mol. The van der Waals surface area contributed by atoms with Crippen molar-refractivity contribution in [1.29, 1.82) is 0 Å². The standard InChI is InChI=1S/C29H30F4O2/c1-2-35-17-22-10-9-21(26(30)27(22)31)8-5-18-3-6-19(7-4-18)24-15-16-25(29(33)28(24)32)20-11-13-23(34)14-12-20/h9-16,18-19,34H,2-8,17H2,1H3. The third-order valence-electron chi connectivity index (χ3n) is 7.10. The van der Waals surface area contributed by atoms with Gasteiger partial charge >= 0.3 is 0 Å². The molecule has 1 saturated carbocycles. The minimum Gasteiger partial charge on any atom is -0.508 e. The molecular formula is C29H30F4O2. The first kappa shape index (κ1) is 25.2. The Morgan fingerprint density at radius 1 is 0.771 bits per heavy atom. The minimum atomic E-state index is -0.874. The van der Waals surface area contributed by atoms with Gasteiger partial charge in [0.25, 0.3) is 0 Å². The first-order valence-electron chi connectivity index (χ1n) is 12.2. The fraction of sp³-hybridized carbons (Fsp3) is 0.379. The second-order valence-corrected chi connectivity index (χ2v) is 9.28. The van der Waals surface area contributed by atoms with E-state index in [-0.39, 0.29) is 29.4 Å². The molecule has 2 nitrogen and oxygen atoms in total. The molecule has 1 fully saturated rings. The molecule has 6 heteroatoms.